The number of halogens is 2. The molecule has 126 valence electrons. The Labute approximate surface area is 154 Å². The van der Waals surface area contributed by atoms with Crippen LogP contribution >= 0.6 is 27.5 Å². The van der Waals surface area contributed by atoms with Crippen LogP contribution in [0.2, 0.25) is 5.02 Å². The molecule has 2 rings (SSSR count). The molecule has 0 saturated carbocycles. The molecule has 0 atom stereocenters. The van der Waals surface area contributed by atoms with Gasteiger partial charge in [-0.1, -0.05) is 39.7 Å². The summed E-state index contributed by atoms with van der Waals surface area (Å²) in [4.78, 5) is 25.6. The molecular formula is C18H18BrClN2O2. The Morgan fingerprint density at radius 1 is 1.21 bits per heavy atom. The van der Waals surface area contributed by atoms with Crippen molar-refractivity contribution in [3.63, 3.8) is 0 Å². The van der Waals surface area contributed by atoms with Gasteiger partial charge in [0.15, 0.2) is 0 Å². The quantitative estimate of drug-likeness (QED) is 0.776. The molecule has 0 aliphatic carbocycles. The first-order chi connectivity index (χ1) is 11.4. The molecule has 0 aliphatic heterocycles. The van der Waals surface area contributed by atoms with Crippen molar-refractivity contribution >= 4 is 45.0 Å². The van der Waals surface area contributed by atoms with Gasteiger partial charge >= 0.3 is 0 Å². The zero-order chi connectivity index (χ0) is 17.7. The predicted octanol–water partition coefficient (Wildman–Crippen LogP) is 4.72. The monoisotopic (exact) mass is 408 g/mol. The van der Waals surface area contributed by atoms with Gasteiger partial charge in [-0.15, -0.1) is 0 Å². The number of carbonyl (C=O) groups excluding carboxylic acids is 2. The van der Waals surface area contributed by atoms with E-state index in [9.17, 15) is 9.59 Å². The van der Waals surface area contributed by atoms with Crippen molar-refractivity contribution in [2.75, 3.05) is 11.9 Å². The molecule has 0 fully saturated rings. The van der Waals surface area contributed by atoms with E-state index in [1.807, 2.05) is 25.1 Å². The highest BCUT2D eigenvalue weighted by Crippen LogP contribution is 2.22. The molecule has 2 amide bonds. The van der Waals surface area contributed by atoms with Crippen LogP contribution in [-0.2, 0) is 11.3 Å². The molecule has 0 aromatic heterocycles. The number of benzene rings is 2. The van der Waals surface area contributed by atoms with E-state index < -0.39 is 0 Å². The molecule has 0 saturated heterocycles. The summed E-state index contributed by atoms with van der Waals surface area (Å²) in [6.07, 6.45) is 0. The number of nitrogens with zero attached hydrogens (tertiary/aromatic N) is 1. The minimum absolute atomic E-state index is 0.0218. The fourth-order valence-corrected chi connectivity index (χ4v) is 3.04. The maximum Gasteiger partial charge on any atom is 0.257 e. The molecule has 0 heterocycles. The lowest BCUT2D eigenvalue weighted by molar-refractivity contribution is -0.129. The zero-order valence-corrected chi connectivity index (χ0v) is 15.8. The Hall–Kier alpha value is -1.85. The van der Waals surface area contributed by atoms with Crippen LogP contribution in [0.1, 0.15) is 29.8 Å². The van der Waals surface area contributed by atoms with E-state index in [2.05, 4.69) is 21.2 Å². The second-order valence-corrected chi connectivity index (χ2v) is 6.63. The summed E-state index contributed by atoms with van der Waals surface area (Å²) in [5, 5.41) is 3.22. The summed E-state index contributed by atoms with van der Waals surface area (Å²) in [6.45, 7) is 4.63. The third kappa shape index (κ3) is 4.82. The van der Waals surface area contributed by atoms with Crippen LogP contribution in [0.5, 0.6) is 0 Å². The van der Waals surface area contributed by atoms with E-state index in [0.29, 0.717) is 29.4 Å². The molecule has 2 aromatic rings. The minimum atomic E-state index is -0.274. The molecule has 2 aromatic carbocycles. The van der Waals surface area contributed by atoms with Gasteiger partial charge in [0, 0.05) is 30.2 Å². The van der Waals surface area contributed by atoms with Crippen LogP contribution in [0.4, 0.5) is 5.69 Å². The normalized spacial score (nSPS) is 10.3. The van der Waals surface area contributed by atoms with E-state index in [1.54, 1.807) is 36.1 Å². The van der Waals surface area contributed by atoms with Crippen LogP contribution < -0.4 is 5.32 Å². The maximum absolute atomic E-state index is 12.4. The molecule has 0 bridgehead atoms. The molecule has 6 heteroatoms. The average molecular weight is 410 g/mol. The maximum atomic E-state index is 12.4. The number of nitrogens with one attached hydrogen (secondary N) is 1. The molecule has 0 spiro atoms. The second kappa shape index (κ2) is 8.31. The van der Waals surface area contributed by atoms with Crippen LogP contribution in [0.15, 0.2) is 46.9 Å². The summed E-state index contributed by atoms with van der Waals surface area (Å²) < 4.78 is 0.815. The van der Waals surface area contributed by atoms with Crippen LogP contribution in [0.3, 0.4) is 0 Å². The highest BCUT2D eigenvalue weighted by atomic mass is 79.9. The smallest absolute Gasteiger partial charge is 0.257 e. The van der Waals surface area contributed by atoms with Gasteiger partial charge < -0.3 is 10.2 Å². The lowest BCUT2D eigenvalue weighted by Crippen LogP contribution is -2.27. The van der Waals surface area contributed by atoms with Crippen molar-refractivity contribution in [3.8, 4) is 0 Å². The highest BCUT2D eigenvalue weighted by Gasteiger charge is 2.12. The van der Waals surface area contributed by atoms with Gasteiger partial charge in [0.05, 0.1) is 10.6 Å². The van der Waals surface area contributed by atoms with Gasteiger partial charge in [0.25, 0.3) is 5.91 Å². The highest BCUT2D eigenvalue weighted by molar-refractivity contribution is 9.10. The topological polar surface area (TPSA) is 49.4 Å². The molecule has 0 radical (unpaired) electrons. The lowest BCUT2D eigenvalue weighted by atomic mass is 10.1. The van der Waals surface area contributed by atoms with Crippen LogP contribution in [-0.4, -0.2) is 23.3 Å². The van der Waals surface area contributed by atoms with Gasteiger partial charge in [-0.25, -0.2) is 0 Å². The Kier molecular flexibility index (Phi) is 6.40. The predicted molar refractivity (Wildman–Crippen MR) is 100 cm³/mol. The molecule has 1 N–H and O–H groups in total. The van der Waals surface area contributed by atoms with E-state index >= 15 is 0 Å². The van der Waals surface area contributed by atoms with Gasteiger partial charge in [0.2, 0.25) is 5.91 Å². The van der Waals surface area contributed by atoms with Crippen molar-refractivity contribution < 1.29 is 9.59 Å². The number of anilines is 1. The average Bonchev–Trinajstić information content (AvgIpc) is 2.52. The molecular weight excluding hydrogens is 392 g/mol. The van der Waals surface area contributed by atoms with Gasteiger partial charge in [0.1, 0.15) is 0 Å². The first-order valence-corrected chi connectivity index (χ1v) is 8.68. The van der Waals surface area contributed by atoms with Crippen molar-refractivity contribution in [2.24, 2.45) is 0 Å². The molecule has 4 nitrogen and oxygen atoms in total. The summed E-state index contributed by atoms with van der Waals surface area (Å²) >= 11 is 9.42. The lowest BCUT2D eigenvalue weighted by Gasteiger charge is -2.19. The van der Waals surface area contributed by atoms with E-state index in [1.165, 1.54) is 0 Å². The Balaban J connectivity index is 2.14. The summed E-state index contributed by atoms with van der Waals surface area (Å²) in [7, 11) is 0. The van der Waals surface area contributed by atoms with E-state index in [0.717, 1.165) is 10.0 Å². The van der Waals surface area contributed by atoms with E-state index in [-0.39, 0.29) is 11.8 Å². The summed E-state index contributed by atoms with van der Waals surface area (Å²) in [5.41, 5.74) is 2.02. The Morgan fingerprint density at radius 2 is 1.96 bits per heavy atom. The largest absolute Gasteiger partial charge is 0.339 e. The number of rotatable bonds is 5. The number of hydrogen-bond donors (Lipinski definition) is 1. The first kappa shape index (κ1) is 18.5. The van der Waals surface area contributed by atoms with Crippen LogP contribution in [0, 0.1) is 0 Å². The van der Waals surface area contributed by atoms with Crippen molar-refractivity contribution in [1.82, 2.24) is 4.90 Å². The third-order valence-corrected chi connectivity index (χ3v) is 4.37. The molecule has 0 aliphatic rings. The van der Waals surface area contributed by atoms with Crippen molar-refractivity contribution in [2.45, 2.75) is 20.4 Å². The van der Waals surface area contributed by atoms with Gasteiger partial charge in [-0.3, -0.25) is 9.59 Å². The summed E-state index contributed by atoms with van der Waals surface area (Å²) in [6, 6.07) is 12.5. The third-order valence-electron chi connectivity index (χ3n) is 3.56. The number of hydrogen-bond acceptors (Lipinski definition) is 2. The molecule has 24 heavy (non-hydrogen) atoms. The van der Waals surface area contributed by atoms with Crippen LogP contribution in [0.25, 0.3) is 0 Å². The van der Waals surface area contributed by atoms with Crippen molar-refractivity contribution in [3.05, 3.63) is 63.1 Å². The van der Waals surface area contributed by atoms with Crippen molar-refractivity contribution in [1.29, 1.82) is 0 Å². The Morgan fingerprint density at radius 3 is 2.58 bits per heavy atom. The van der Waals surface area contributed by atoms with Gasteiger partial charge in [-0.2, -0.15) is 0 Å². The second-order valence-electron chi connectivity index (χ2n) is 5.31. The first-order valence-electron chi connectivity index (χ1n) is 7.51. The standard InChI is InChI=1S/C18H18BrClN2O2/c1-3-22(12(2)23)11-13-5-4-6-15(9-13)21-18(24)16-8-7-14(19)10-17(16)20/h4-10H,3,11H2,1-2H3,(H,21,24). The van der Waals surface area contributed by atoms with Gasteiger partial charge in [-0.05, 0) is 42.8 Å². The summed E-state index contributed by atoms with van der Waals surface area (Å²) in [5.74, 6) is -0.253. The Bertz CT molecular complexity index is 764. The van der Waals surface area contributed by atoms with E-state index in [4.69, 9.17) is 11.6 Å². The minimum Gasteiger partial charge on any atom is -0.339 e. The fourth-order valence-electron chi connectivity index (χ4n) is 2.29. The number of carbonyl (C=O) groups is 2. The fraction of sp³-hybridized carbons (Fsp3) is 0.222. The zero-order valence-electron chi connectivity index (χ0n) is 13.5. The SMILES string of the molecule is CCN(Cc1cccc(NC(=O)c2ccc(Br)cc2Cl)c1)C(C)=O. The number of amides is 2. The molecule has 0 unspecified atom stereocenters.